The van der Waals surface area contributed by atoms with E-state index in [1.54, 1.807) is 0 Å². The summed E-state index contributed by atoms with van der Waals surface area (Å²) in [6.45, 7) is 2.32. The Kier molecular flexibility index (Phi) is 5.11. The molecule has 0 aromatic heterocycles. The number of nitrogens with two attached hydrogens (primary N) is 1. The van der Waals surface area contributed by atoms with Crippen LogP contribution < -0.4 is 5.73 Å². The molecule has 20 heavy (non-hydrogen) atoms. The largest absolute Gasteiger partial charge is 0.338 e. The van der Waals surface area contributed by atoms with Gasteiger partial charge in [-0.1, -0.05) is 11.8 Å². The summed E-state index contributed by atoms with van der Waals surface area (Å²) in [6, 6.07) is 6.04. The lowest BCUT2D eigenvalue weighted by atomic mass is 10.0. The number of hydrogen-bond acceptors (Lipinski definition) is 3. The molecule has 106 valence electrons. The third kappa shape index (κ3) is 3.36. The van der Waals surface area contributed by atoms with Crippen molar-refractivity contribution in [1.82, 2.24) is 4.90 Å². The summed E-state index contributed by atoms with van der Waals surface area (Å²) in [5.41, 5.74) is 8.07. The zero-order chi connectivity index (χ0) is 14.5. The van der Waals surface area contributed by atoms with E-state index in [0.29, 0.717) is 12.6 Å². The molecule has 1 aromatic carbocycles. The Labute approximate surface area is 124 Å². The molecule has 0 spiro atoms. The first-order valence-electron chi connectivity index (χ1n) is 6.78. The fraction of sp³-hybridized carbons (Fsp3) is 0.438. The minimum atomic E-state index is 0.0962. The molecule has 1 aromatic rings. The van der Waals surface area contributed by atoms with Gasteiger partial charge in [0.1, 0.15) is 0 Å². The van der Waals surface area contributed by atoms with Crippen molar-refractivity contribution in [3.8, 4) is 11.8 Å². The molecule has 1 amide bonds. The number of amides is 1. The van der Waals surface area contributed by atoms with Crippen LogP contribution in [0.25, 0.3) is 0 Å². The van der Waals surface area contributed by atoms with Gasteiger partial charge in [0.05, 0.1) is 6.54 Å². The summed E-state index contributed by atoms with van der Waals surface area (Å²) in [7, 11) is 1.90. The summed E-state index contributed by atoms with van der Waals surface area (Å²) in [6.07, 6.45) is 1.09. The van der Waals surface area contributed by atoms with E-state index in [1.807, 2.05) is 48.8 Å². The van der Waals surface area contributed by atoms with Crippen molar-refractivity contribution in [2.45, 2.75) is 19.4 Å². The summed E-state index contributed by atoms with van der Waals surface area (Å²) in [5.74, 6) is 8.15. The third-order valence-corrected chi connectivity index (χ3v) is 4.72. The first kappa shape index (κ1) is 15.0. The molecule has 2 rings (SSSR count). The second-order valence-electron chi connectivity index (χ2n) is 4.97. The number of thioether (sulfide) groups is 1. The highest BCUT2D eigenvalue weighted by atomic mass is 32.2. The lowest BCUT2D eigenvalue weighted by Gasteiger charge is -2.24. The molecule has 0 bridgehead atoms. The maximum atomic E-state index is 12.5. The molecule has 1 atom stereocenters. The molecule has 1 heterocycles. The first-order valence-corrected chi connectivity index (χ1v) is 7.93. The molecular formula is C16H20N2OS. The second-order valence-corrected chi connectivity index (χ2v) is 6.12. The van der Waals surface area contributed by atoms with Crippen molar-refractivity contribution in [3.63, 3.8) is 0 Å². The van der Waals surface area contributed by atoms with Crippen LogP contribution in [0.3, 0.4) is 0 Å². The predicted molar refractivity (Wildman–Crippen MR) is 84.9 cm³/mol. The van der Waals surface area contributed by atoms with Gasteiger partial charge in [0.15, 0.2) is 0 Å². The molecule has 3 nitrogen and oxygen atoms in total. The summed E-state index contributed by atoms with van der Waals surface area (Å²) < 4.78 is 0. The molecular weight excluding hydrogens is 268 g/mol. The van der Waals surface area contributed by atoms with Crippen LogP contribution in [0.15, 0.2) is 18.2 Å². The van der Waals surface area contributed by atoms with Gasteiger partial charge in [-0.25, -0.2) is 0 Å². The van der Waals surface area contributed by atoms with E-state index in [2.05, 4.69) is 11.8 Å². The average Bonchev–Trinajstić information content (AvgIpc) is 2.98. The van der Waals surface area contributed by atoms with Gasteiger partial charge in [0.25, 0.3) is 5.91 Å². The molecule has 0 aliphatic carbocycles. The van der Waals surface area contributed by atoms with Crippen LogP contribution in [0, 0.1) is 18.8 Å². The predicted octanol–water partition coefficient (Wildman–Crippen LogP) is 1.88. The van der Waals surface area contributed by atoms with Gasteiger partial charge in [0, 0.05) is 30.0 Å². The van der Waals surface area contributed by atoms with Crippen LogP contribution in [0.2, 0.25) is 0 Å². The van der Waals surface area contributed by atoms with E-state index < -0.39 is 0 Å². The van der Waals surface area contributed by atoms with Crippen LogP contribution >= 0.6 is 11.8 Å². The SMILES string of the molecule is Cc1cc(C(=O)N(C)C2CCSC2)ccc1C#CCN. The number of rotatable bonds is 2. The molecule has 1 aliphatic rings. The molecule has 2 N–H and O–H groups in total. The lowest BCUT2D eigenvalue weighted by Crippen LogP contribution is -2.37. The van der Waals surface area contributed by atoms with E-state index in [1.165, 1.54) is 0 Å². The van der Waals surface area contributed by atoms with E-state index in [0.717, 1.165) is 34.6 Å². The van der Waals surface area contributed by atoms with Crippen LogP contribution in [0.4, 0.5) is 0 Å². The molecule has 0 radical (unpaired) electrons. The van der Waals surface area contributed by atoms with Crippen molar-refractivity contribution in [3.05, 3.63) is 34.9 Å². The van der Waals surface area contributed by atoms with Crippen molar-refractivity contribution in [1.29, 1.82) is 0 Å². The fourth-order valence-electron chi connectivity index (χ4n) is 2.28. The molecule has 4 heteroatoms. The van der Waals surface area contributed by atoms with Gasteiger partial charge in [-0.15, -0.1) is 0 Å². The quantitative estimate of drug-likeness (QED) is 0.845. The smallest absolute Gasteiger partial charge is 0.253 e. The monoisotopic (exact) mass is 288 g/mol. The average molecular weight is 288 g/mol. The molecule has 0 saturated carbocycles. The van der Waals surface area contributed by atoms with Gasteiger partial charge in [0.2, 0.25) is 0 Å². The van der Waals surface area contributed by atoms with E-state index in [-0.39, 0.29) is 5.91 Å². The minimum absolute atomic E-state index is 0.0962. The highest BCUT2D eigenvalue weighted by molar-refractivity contribution is 7.99. The van der Waals surface area contributed by atoms with Gasteiger partial charge in [-0.05, 0) is 42.9 Å². The topological polar surface area (TPSA) is 46.3 Å². The maximum Gasteiger partial charge on any atom is 0.253 e. The van der Waals surface area contributed by atoms with Gasteiger partial charge in [-0.3, -0.25) is 4.79 Å². The highest BCUT2D eigenvalue weighted by Gasteiger charge is 2.24. The van der Waals surface area contributed by atoms with Gasteiger partial charge in [-0.2, -0.15) is 11.8 Å². The van der Waals surface area contributed by atoms with Crippen LogP contribution in [0.1, 0.15) is 27.9 Å². The van der Waals surface area contributed by atoms with Gasteiger partial charge < -0.3 is 10.6 Å². The Bertz CT molecular complexity index is 553. The lowest BCUT2D eigenvalue weighted by molar-refractivity contribution is 0.0748. The summed E-state index contributed by atoms with van der Waals surface area (Å²) in [4.78, 5) is 14.3. The maximum absolute atomic E-state index is 12.5. The van der Waals surface area contributed by atoms with Crippen LogP contribution in [-0.2, 0) is 0 Å². The van der Waals surface area contributed by atoms with Crippen LogP contribution in [-0.4, -0.2) is 41.9 Å². The fourth-order valence-corrected chi connectivity index (χ4v) is 3.55. The Balaban J connectivity index is 2.16. The highest BCUT2D eigenvalue weighted by Crippen LogP contribution is 2.23. The summed E-state index contributed by atoms with van der Waals surface area (Å²) >= 11 is 1.91. The first-order chi connectivity index (χ1) is 9.63. The molecule has 1 saturated heterocycles. The number of carbonyl (C=O) groups excluding carboxylic acids is 1. The molecule has 1 unspecified atom stereocenters. The van der Waals surface area contributed by atoms with Crippen LogP contribution in [0.5, 0.6) is 0 Å². The zero-order valence-corrected chi connectivity index (χ0v) is 12.8. The van der Waals surface area contributed by atoms with Crippen molar-refractivity contribution in [2.24, 2.45) is 5.73 Å². The third-order valence-electron chi connectivity index (χ3n) is 3.57. The number of nitrogens with zero attached hydrogens (tertiary/aromatic N) is 1. The molecule has 1 fully saturated rings. The second kappa shape index (κ2) is 6.83. The van der Waals surface area contributed by atoms with E-state index >= 15 is 0 Å². The zero-order valence-electron chi connectivity index (χ0n) is 12.0. The standard InChI is InChI=1S/C16H20N2OS/c1-12-10-14(6-5-13(12)4-3-8-17)16(19)18(2)15-7-9-20-11-15/h5-6,10,15H,7-9,11,17H2,1-2H3. The Morgan fingerprint density at radius 1 is 1.55 bits per heavy atom. The van der Waals surface area contributed by atoms with Crippen molar-refractivity contribution >= 4 is 17.7 Å². The van der Waals surface area contributed by atoms with Crippen molar-refractivity contribution in [2.75, 3.05) is 25.1 Å². The Hall–Kier alpha value is -1.44. The summed E-state index contributed by atoms with van der Waals surface area (Å²) in [5, 5.41) is 0. The van der Waals surface area contributed by atoms with Gasteiger partial charge >= 0.3 is 0 Å². The van der Waals surface area contributed by atoms with E-state index in [4.69, 9.17) is 5.73 Å². The Morgan fingerprint density at radius 2 is 2.35 bits per heavy atom. The number of carbonyl (C=O) groups is 1. The molecule has 1 aliphatic heterocycles. The minimum Gasteiger partial charge on any atom is -0.338 e. The Morgan fingerprint density at radius 3 is 2.95 bits per heavy atom. The van der Waals surface area contributed by atoms with Crippen molar-refractivity contribution < 1.29 is 4.79 Å². The normalized spacial score (nSPS) is 17.4. The number of benzene rings is 1. The number of hydrogen-bond donors (Lipinski definition) is 1. The van der Waals surface area contributed by atoms with E-state index in [9.17, 15) is 4.79 Å². The number of aryl methyl sites for hydroxylation is 1.